The predicted octanol–water partition coefficient (Wildman–Crippen LogP) is -7.48. The summed E-state index contributed by atoms with van der Waals surface area (Å²) in [7, 11) is 1.45. The van der Waals surface area contributed by atoms with Gasteiger partial charge in [-0.3, -0.25) is 57.5 Å². The fraction of sp³-hybridized carbons (Fsp3) is 0.571. The molecule has 0 aromatic heterocycles. The van der Waals surface area contributed by atoms with E-state index in [-0.39, 0.29) is 18.6 Å². The number of amides is 10. The molecule has 1 aromatic rings. The first-order valence-electron chi connectivity index (χ1n) is 22.2. The highest BCUT2D eigenvalue weighted by atomic mass is 16.4. The Hall–Kier alpha value is -7.50. The lowest BCUT2D eigenvalue weighted by Crippen LogP contribution is -2.61. The van der Waals surface area contributed by atoms with Gasteiger partial charge >= 0.3 is 11.9 Å². The molecule has 19 N–H and O–H groups in total. The molecule has 396 valence electrons. The Morgan fingerprint density at radius 1 is 0.521 bits per heavy atom. The molecule has 0 radical (unpaired) electrons. The first kappa shape index (κ1) is 61.5. The lowest BCUT2D eigenvalue weighted by Gasteiger charge is -2.27. The maximum Gasteiger partial charge on any atom is 0.303 e. The van der Waals surface area contributed by atoms with Crippen molar-refractivity contribution in [1.29, 1.82) is 0 Å². The van der Waals surface area contributed by atoms with Crippen LogP contribution in [0.15, 0.2) is 24.3 Å². The number of nitrogens with one attached hydrogen (secondary N) is 10. The summed E-state index contributed by atoms with van der Waals surface area (Å²) in [5.41, 5.74) is 11.3. The monoisotopic (exact) mass is 1010 g/mol. The Kier molecular flexibility index (Phi) is 28.0. The van der Waals surface area contributed by atoms with Crippen LogP contribution in [0.1, 0.15) is 64.4 Å². The number of aliphatic hydroxyl groups excluding tert-OH is 2. The largest absolute Gasteiger partial charge is 0.508 e. The minimum atomic E-state index is -1.88. The normalized spacial score (nSPS) is 14.2. The maximum absolute atomic E-state index is 13.5. The van der Waals surface area contributed by atoms with E-state index in [0.717, 1.165) is 13.8 Å². The van der Waals surface area contributed by atoms with Gasteiger partial charge in [-0.25, -0.2) is 0 Å². The number of hydrogen-bond donors (Lipinski definition) is 17. The van der Waals surface area contributed by atoms with E-state index in [4.69, 9.17) is 11.5 Å². The highest BCUT2D eigenvalue weighted by molar-refractivity contribution is 5.97. The Bertz CT molecular complexity index is 2020. The van der Waals surface area contributed by atoms with Crippen LogP contribution < -0.4 is 64.6 Å². The smallest absolute Gasteiger partial charge is 0.303 e. The number of phenols is 1. The lowest BCUT2D eigenvalue weighted by atomic mass is 10.0. The molecule has 8 atom stereocenters. The van der Waals surface area contributed by atoms with Gasteiger partial charge in [-0.1, -0.05) is 12.1 Å². The quantitative estimate of drug-likeness (QED) is 0.0285. The van der Waals surface area contributed by atoms with Crippen molar-refractivity contribution in [3.63, 3.8) is 0 Å². The van der Waals surface area contributed by atoms with Gasteiger partial charge in [-0.2, -0.15) is 0 Å². The van der Waals surface area contributed by atoms with Crippen molar-refractivity contribution in [3.8, 4) is 5.75 Å². The van der Waals surface area contributed by atoms with Crippen LogP contribution in [0.2, 0.25) is 0 Å². The van der Waals surface area contributed by atoms with Crippen molar-refractivity contribution in [1.82, 2.24) is 53.2 Å². The average Bonchev–Trinajstić information content (AvgIpc) is 3.30. The van der Waals surface area contributed by atoms with Crippen molar-refractivity contribution in [2.45, 2.75) is 114 Å². The van der Waals surface area contributed by atoms with E-state index >= 15 is 0 Å². The summed E-state index contributed by atoms with van der Waals surface area (Å²) in [6.07, 6.45) is -4.28. The average molecular weight is 1010 g/mol. The van der Waals surface area contributed by atoms with Crippen molar-refractivity contribution in [3.05, 3.63) is 29.8 Å². The van der Waals surface area contributed by atoms with Crippen LogP contribution in [-0.2, 0) is 64.0 Å². The summed E-state index contributed by atoms with van der Waals surface area (Å²) in [6.45, 7) is -0.347. The first-order valence-corrected chi connectivity index (χ1v) is 22.2. The van der Waals surface area contributed by atoms with Gasteiger partial charge in [0.15, 0.2) is 0 Å². The SMILES string of the molecule is CN[C@@H](Cc1ccc(O)cc1)C(=O)N[C@@H](CCC(=O)O)C(=O)N[C@H](C(=O)N[C@@H](CCC(=O)O)C(=O)NCC(=O)N[C@H](C(=O)NCC(=O)NCC(=O)NCC(=O)N[C@@H](CCCCN)C(N)=O)[C@@H](C)O)[C@@H](C)O. The van der Waals surface area contributed by atoms with Crippen LogP contribution in [0.5, 0.6) is 5.75 Å². The summed E-state index contributed by atoms with van der Waals surface area (Å²) >= 11 is 0. The summed E-state index contributed by atoms with van der Waals surface area (Å²) < 4.78 is 0. The van der Waals surface area contributed by atoms with Gasteiger partial charge in [0, 0.05) is 12.8 Å². The van der Waals surface area contributed by atoms with Crippen LogP contribution in [0.3, 0.4) is 0 Å². The Labute approximate surface area is 407 Å². The van der Waals surface area contributed by atoms with E-state index in [1.54, 1.807) is 12.1 Å². The van der Waals surface area contributed by atoms with Gasteiger partial charge in [0.2, 0.25) is 59.1 Å². The molecule has 0 aliphatic carbocycles. The van der Waals surface area contributed by atoms with Gasteiger partial charge in [-0.15, -0.1) is 0 Å². The van der Waals surface area contributed by atoms with Gasteiger partial charge in [0.25, 0.3) is 0 Å². The minimum Gasteiger partial charge on any atom is -0.508 e. The number of carbonyl (C=O) groups is 12. The maximum atomic E-state index is 13.5. The van der Waals surface area contributed by atoms with E-state index in [0.29, 0.717) is 24.9 Å². The van der Waals surface area contributed by atoms with Crippen molar-refractivity contribution in [2.24, 2.45) is 11.5 Å². The zero-order valence-corrected chi connectivity index (χ0v) is 39.4. The van der Waals surface area contributed by atoms with E-state index in [1.165, 1.54) is 19.2 Å². The number of aliphatic carboxylic acids is 2. The number of hydrogen-bond acceptors (Lipinski definition) is 17. The molecule has 1 rings (SSSR count). The van der Waals surface area contributed by atoms with Gasteiger partial charge in [-0.05, 0) is 83.7 Å². The Balaban J connectivity index is 2.90. The highest BCUT2D eigenvalue weighted by Gasteiger charge is 2.34. The third-order valence-corrected chi connectivity index (χ3v) is 10.1. The van der Waals surface area contributed by atoms with E-state index in [2.05, 4.69) is 53.2 Å². The molecule has 1 aromatic carbocycles. The van der Waals surface area contributed by atoms with Gasteiger partial charge in [0.1, 0.15) is 36.0 Å². The molecule has 0 unspecified atom stereocenters. The molecular weight excluding hydrogens is 945 g/mol. The zero-order valence-electron chi connectivity index (χ0n) is 39.4. The summed E-state index contributed by atoms with van der Waals surface area (Å²) in [4.78, 5) is 150. The minimum absolute atomic E-state index is 0.0202. The number of likely N-dealkylation sites (N-methyl/N-ethyl adjacent to an activating group) is 1. The molecular formula is C42H66N12O17. The molecule has 0 aliphatic heterocycles. The first-order chi connectivity index (χ1) is 33.4. The Morgan fingerprint density at radius 3 is 1.48 bits per heavy atom. The molecule has 0 fully saturated rings. The van der Waals surface area contributed by atoms with Crippen molar-refractivity contribution < 1.29 is 83.1 Å². The molecule has 29 heteroatoms. The highest BCUT2D eigenvalue weighted by Crippen LogP contribution is 2.12. The fourth-order valence-corrected chi connectivity index (χ4v) is 6.16. The second kappa shape index (κ2) is 32.3. The van der Waals surface area contributed by atoms with Gasteiger partial charge < -0.3 is 90.2 Å². The van der Waals surface area contributed by atoms with Crippen molar-refractivity contribution >= 4 is 71.0 Å². The molecule has 10 amide bonds. The number of benzene rings is 1. The second-order valence-electron chi connectivity index (χ2n) is 16.0. The van der Waals surface area contributed by atoms with Crippen LogP contribution in [0.25, 0.3) is 0 Å². The number of carbonyl (C=O) groups excluding carboxylic acids is 10. The van der Waals surface area contributed by atoms with E-state index in [1.807, 2.05) is 0 Å². The summed E-state index contributed by atoms with van der Waals surface area (Å²) in [5, 5.41) is 71.6. The van der Waals surface area contributed by atoms with Crippen LogP contribution in [-0.4, -0.2) is 185 Å². The summed E-state index contributed by atoms with van der Waals surface area (Å²) in [6, 6.07) is -2.97. The molecule has 0 saturated carbocycles. The molecule has 0 spiro atoms. The Morgan fingerprint density at radius 2 is 0.972 bits per heavy atom. The number of nitrogens with two attached hydrogens (primary N) is 2. The van der Waals surface area contributed by atoms with Crippen LogP contribution >= 0.6 is 0 Å². The second-order valence-corrected chi connectivity index (χ2v) is 16.0. The lowest BCUT2D eigenvalue weighted by molar-refractivity contribution is -0.139. The number of carboxylic acids is 2. The third-order valence-electron chi connectivity index (χ3n) is 10.1. The fourth-order valence-electron chi connectivity index (χ4n) is 6.16. The van der Waals surface area contributed by atoms with Gasteiger partial charge in [0.05, 0.1) is 44.4 Å². The number of primary amides is 1. The topological polar surface area (TPSA) is 478 Å². The van der Waals surface area contributed by atoms with Crippen LogP contribution in [0.4, 0.5) is 0 Å². The number of unbranched alkanes of at least 4 members (excludes halogenated alkanes) is 1. The number of aliphatic hydroxyl groups is 2. The van der Waals surface area contributed by atoms with Crippen LogP contribution in [0, 0.1) is 0 Å². The molecule has 0 heterocycles. The number of phenolic OH excluding ortho intramolecular Hbond substituents is 1. The molecule has 0 bridgehead atoms. The number of aromatic hydroxyl groups is 1. The predicted molar refractivity (Wildman–Crippen MR) is 246 cm³/mol. The standard InChI is InChI=1S/C42H66N12O17/c1-21(55)35(41(70)49-18-30(59)46-17-29(58)47-19-31(60)50-25(37(44)66)6-4-5-15-43)53-32(61)20-48-38(67)26(11-13-33(62)63)52-42(71)36(22(2)56)54-39(68)27(12-14-34(64)65)51-40(69)28(45-3)16-23-7-9-24(57)10-8-23/h7-10,21-22,25-28,35-36,45,55-57H,4-6,11-20,43H2,1-3H3,(H2,44,66)(H,46,59)(H,47,58)(H,48,67)(H,49,70)(H,50,60)(H,51,69)(H,52,71)(H,53,61)(H,54,68)(H,62,63)(H,64,65)/t21-,22-,25+,26+,27+,28+,35+,36+/m1/s1. The molecule has 29 nitrogen and oxygen atoms in total. The third kappa shape index (κ3) is 25.1. The van der Waals surface area contributed by atoms with Crippen molar-refractivity contribution in [2.75, 3.05) is 39.8 Å². The number of rotatable bonds is 34. The molecule has 0 saturated heterocycles. The number of carboxylic acid groups (broad SMARTS) is 2. The molecule has 0 aliphatic rings. The zero-order chi connectivity index (χ0) is 53.8. The summed E-state index contributed by atoms with van der Waals surface area (Å²) in [5.74, 6) is -12.5. The van der Waals surface area contributed by atoms with E-state index in [9.17, 15) is 83.1 Å². The molecule has 71 heavy (non-hydrogen) atoms. The van der Waals surface area contributed by atoms with E-state index < -0.39 is 171 Å².